The van der Waals surface area contributed by atoms with E-state index in [0.717, 1.165) is 6.07 Å². The number of halogens is 2. The highest BCUT2D eigenvalue weighted by Crippen LogP contribution is 2.33. The second kappa shape index (κ2) is 6.21. The molecule has 23 heavy (non-hydrogen) atoms. The van der Waals surface area contributed by atoms with Crippen molar-refractivity contribution in [1.82, 2.24) is 4.98 Å². The Labute approximate surface area is 136 Å². The van der Waals surface area contributed by atoms with E-state index in [-0.39, 0.29) is 16.5 Å². The van der Waals surface area contributed by atoms with Gasteiger partial charge in [0, 0.05) is 16.5 Å². The lowest BCUT2D eigenvalue weighted by Crippen LogP contribution is -2.24. The molecule has 9 heteroatoms. The second-order valence-electron chi connectivity index (χ2n) is 4.50. The standard InChI is InChI=1S/C14H10BrFN2O5/c15-4-6-5(2-1-3-7(6)16)8-9(13(20)21)11(17)18-12(19)10(8)14(22)23/h1-3H,4H2,(H,20,21)(H,22,23)(H3,17,18,19). The molecule has 2 rings (SSSR count). The van der Waals surface area contributed by atoms with Crippen LogP contribution in [0.3, 0.4) is 0 Å². The predicted molar refractivity (Wildman–Crippen MR) is 83.4 cm³/mol. The van der Waals surface area contributed by atoms with Crippen LogP contribution in [0.2, 0.25) is 0 Å². The number of anilines is 1. The van der Waals surface area contributed by atoms with Crippen molar-refractivity contribution in [2.75, 3.05) is 5.73 Å². The number of pyridine rings is 1. The first-order chi connectivity index (χ1) is 10.8. The summed E-state index contributed by atoms with van der Waals surface area (Å²) in [5.74, 6) is -4.37. The molecule has 0 radical (unpaired) electrons. The molecular formula is C14H10BrFN2O5. The van der Waals surface area contributed by atoms with E-state index in [1.807, 2.05) is 4.98 Å². The number of nitrogens with two attached hydrogens (primary N) is 1. The lowest BCUT2D eigenvalue weighted by atomic mass is 9.92. The molecule has 0 saturated carbocycles. The van der Waals surface area contributed by atoms with Crippen molar-refractivity contribution in [2.45, 2.75) is 5.33 Å². The number of carbonyl (C=O) groups is 2. The topological polar surface area (TPSA) is 133 Å². The Kier molecular flexibility index (Phi) is 4.50. The smallest absolute Gasteiger partial charge is 0.342 e. The molecule has 1 aromatic carbocycles. The number of nitrogen functional groups attached to an aromatic ring is 1. The number of alkyl halides is 1. The summed E-state index contributed by atoms with van der Waals surface area (Å²) >= 11 is 3.06. The maximum absolute atomic E-state index is 14.0. The van der Waals surface area contributed by atoms with Crippen LogP contribution in [-0.2, 0) is 5.33 Å². The highest BCUT2D eigenvalue weighted by Gasteiger charge is 2.28. The third kappa shape index (κ3) is 2.82. The van der Waals surface area contributed by atoms with Crippen LogP contribution in [0.5, 0.6) is 0 Å². The van der Waals surface area contributed by atoms with Crippen LogP contribution < -0.4 is 11.3 Å². The van der Waals surface area contributed by atoms with Crippen molar-refractivity contribution < 1.29 is 24.2 Å². The van der Waals surface area contributed by atoms with Crippen LogP contribution in [0, 0.1) is 5.82 Å². The summed E-state index contributed by atoms with van der Waals surface area (Å²) in [6, 6.07) is 3.75. The number of benzene rings is 1. The summed E-state index contributed by atoms with van der Waals surface area (Å²) in [5, 5.41) is 18.6. The number of aromatic amines is 1. The fourth-order valence-electron chi connectivity index (χ4n) is 2.24. The first-order valence-electron chi connectivity index (χ1n) is 6.15. The van der Waals surface area contributed by atoms with Gasteiger partial charge in [0.05, 0.1) is 0 Å². The van der Waals surface area contributed by atoms with Crippen LogP contribution in [0.4, 0.5) is 10.2 Å². The minimum absolute atomic E-state index is 0.0141. The maximum atomic E-state index is 14.0. The Morgan fingerprint density at radius 1 is 1.22 bits per heavy atom. The maximum Gasteiger partial charge on any atom is 0.342 e. The van der Waals surface area contributed by atoms with Gasteiger partial charge < -0.3 is 20.9 Å². The highest BCUT2D eigenvalue weighted by molar-refractivity contribution is 9.08. The van der Waals surface area contributed by atoms with Crippen molar-refractivity contribution in [2.24, 2.45) is 0 Å². The number of hydrogen-bond acceptors (Lipinski definition) is 4. The number of hydrogen-bond donors (Lipinski definition) is 4. The molecule has 2 aromatic rings. The number of H-pyrrole nitrogens is 1. The van der Waals surface area contributed by atoms with E-state index in [1.165, 1.54) is 12.1 Å². The second-order valence-corrected chi connectivity index (χ2v) is 5.06. The molecule has 0 aliphatic heterocycles. The minimum Gasteiger partial charge on any atom is -0.478 e. The van der Waals surface area contributed by atoms with E-state index in [4.69, 9.17) is 5.73 Å². The quantitative estimate of drug-likeness (QED) is 0.596. The summed E-state index contributed by atoms with van der Waals surface area (Å²) in [6.07, 6.45) is 0. The van der Waals surface area contributed by atoms with Crippen LogP contribution in [0.25, 0.3) is 11.1 Å². The average Bonchev–Trinajstić information content (AvgIpc) is 2.45. The third-order valence-corrected chi connectivity index (χ3v) is 3.75. The van der Waals surface area contributed by atoms with E-state index < -0.39 is 45.8 Å². The number of carboxylic acids is 2. The molecule has 5 N–H and O–H groups in total. The summed E-state index contributed by atoms with van der Waals surface area (Å²) in [5.41, 5.74) is 2.59. The van der Waals surface area contributed by atoms with E-state index in [2.05, 4.69) is 15.9 Å². The number of rotatable bonds is 4. The summed E-state index contributed by atoms with van der Waals surface area (Å²) in [4.78, 5) is 36.8. The van der Waals surface area contributed by atoms with Gasteiger partial charge in [0.1, 0.15) is 22.8 Å². The lowest BCUT2D eigenvalue weighted by Gasteiger charge is -2.15. The minimum atomic E-state index is -1.64. The molecule has 0 aliphatic rings. The van der Waals surface area contributed by atoms with Crippen LogP contribution >= 0.6 is 15.9 Å². The molecule has 0 atom stereocenters. The molecule has 0 amide bonds. The zero-order chi connectivity index (χ0) is 17.3. The van der Waals surface area contributed by atoms with E-state index in [9.17, 15) is 29.0 Å². The van der Waals surface area contributed by atoms with Crippen LogP contribution in [0.15, 0.2) is 23.0 Å². The van der Waals surface area contributed by atoms with Gasteiger partial charge in [0.15, 0.2) is 0 Å². The Morgan fingerprint density at radius 3 is 2.35 bits per heavy atom. The highest BCUT2D eigenvalue weighted by atomic mass is 79.9. The van der Waals surface area contributed by atoms with Crippen molar-refractivity contribution >= 4 is 33.7 Å². The molecule has 0 fully saturated rings. The fraction of sp³-hybridized carbons (Fsp3) is 0.0714. The SMILES string of the molecule is Nc1[nH]c(=O)c(C(=O)O)c(-c2cccc(F)c2CBr)c1C(=O)O. The Bertz CT molecular complexity index is 878. The van der Waals surface area contributed by atoms with E-state index >= 15 is 0 Å². The van der Waals surface area contributed by atoms with E-state index in [0.29, 0.717) is 0 Å². The fourth-order valence-corrected chi connectivity index (χ4v) is 2.81. The van der Waals surface area contributed by atoms with Crippen molar-refractivity contribution in [3.8, 4) is 11.1 Å². The zero-order valence-electron chi connectivity index (χ0n) is 11.4. The first-order valence-corrected chi connectivity index (χ1v) is 7.27. The van der Waals surface area contributed by atoms with Crippen molar-refractivity contribution in [3.63, 3.8) is 0 Å². The zero-order valence-corrected chi connectivity index (χ0v) is 13.0. The van der Waals surface area contributed by atoms with Gasteiger partial charge in [0.2, 0.25) is 0 Å². The predicted octanol–water partition coefficient (Wildman–Crippen LogP) is 2.05. The summed E-state index contributed by atoms with van der Waals surface area (Å²) < 4.78 is 14.0. The van der Waals surface area contributed by atoms with Gasteiger partial charge in [-0.05, 0) is 11.6 Å². The molecule has 0 unspecified atom stereocenters. The Balaban J connectivity index is 3.07. The average molecular weight is 385 g/mol. The van der Waals surface area contributed by atoms with Crippen molar-refractivity contribution in [1.29, 1.82) is 0 Å². The van der Waals surface area contributed by atoms with Gasteiger partial charge in [0.25, 0.3) is 5.56 Å². The monoisotopic (exact) mass is 384 g/mol. The Morgan fingerprint density at radius 2 is 1.83 bits per heavy atom. The van der Waals surface area contributed by atoms with Crippen molar-refractivity contribution in [3.05, 3.63) is 51.1 Å². The number of nitrogens with one attached hydrogen (secondary N) is 1. The summed E-state index contributed by atoms with van der Waals surface area (Å²) in [7, 11) is 0. The van der Waals surface area contributed by atoms with Gasteiger partial charge in [-0.25, -0.2) is 14.0 Å². The lowest BCUT2D eigenvalue weighted by molar-refractivity contribution is 0.0695. The van der Waals surface area contributed by atoms with Crippen LogP contribution in [-0.4, -0.2) is 27.1 Å². The molecular weight excluding hydrogens is 375 g/mol. The molecule has 0 spiro atoms. The van der Waals surface area contributed by atoms with Gasteiger partial charge in [-0.1, -0.05) is 28.1 Å². The molecule has 0 saturated heterocycles. The Hall–Kier alpha value is -2.68. The van der Waals surface area contributed by atoms with Gasteiger partial charge in [-0.2, -0.15) is 0 Å². The molecule has 0 bridgehead atoms. The molecule has 1 heterocycles. The normalized spacial score (nSPS) is 10.5. The molecule has 7 nitrogen and oxygen atoms in total. The van der Waals surface area contributed by atoms with E-state index in [1.54, 1.807) is 0 Å². The summed E-state index contributed by atoms with van der Waals surface area (Å²) in [6.45, 7) is 0. The van der Waals surface area contributed by atoms with Gasteiger partial charge in [-0.15, -0.1) is 0 Å². The molecule has 120 valence electrons. The third-order valence-electron chi connectivity index (χ3n) is 3.19. The van der Waals surface area contributed by atoms with Crippen LogP contribution in [0.1, 0.15) is 26.3 Å². The number of aromatic nitrogens is 1. The molecule has 0 aliphatic carbocycles. The molecule has 1 aromatic heterocycles. The van der Waals surface area contributed by atoms with Gasteiger partial charge in [-0.3, -0.25) is 4.79 Å². The first kappa shape index (κ1) is 16.7. The number of carboxylic acid groups (broad SMARTS) is 2. The van der Waals surface area contributed by atoms with Gasteiger partial charge >= 0.3 is 11.9 Å². The largest absolute Gasteiger partial charge is 0.478 e. The number of aromatic carboxylic acids is 2.